The molecule has 0 bridgehead atoms. The van der Waals surface area contributed by atoms with E-state index < -0.39 is 6.10 Å². The van der Waals surface area contributed by atoms with Crippen molar-refractivity contribution in [3.05, 3.63) is 40.4 Å². The maximum atomic E-state index is 9.90. The molecule has 1 aromatic carbocycles. The molecule has 0 spiro atoms. The van der Waals surface area contributed by atoms with Crippen LogP contribution < -0.4 is 0 Å². The van der Waals surface area contributed by atoms with E-state index in [0.717, 1.165) is 10.0 Å². The van der Waals surface area contributed by atoms with Gasteiger partial charge < -0.3 is 5.11 Å². The SMILES string of the molecule is O=C=CCC(O)c1ccc(Br)cc1. The van der Waals surface area contributed by atoms with Gasteiger partial charge in [-0.2, -0.15) is 0 Å². The predicted octanol–water partition coefficient (Wildman–Crippen LogP) is 2.26. The van der Waals surface area contributed by atoms with Crippen molar-refractivity contribution in [2.75, 3.05) is 0 Å². The van der Waals surface area contributed by atoms with E-state index in [1.165, 1.54) is 6.08 Å². The number of benzene rings is 1. The third kappa shape index (κ3) is 3.15. The number of aliphatic hydroxyl groups is 1. The van der Waals surface area contributed by atoms with Crippen LogP contribution in [0.25, 0.3) is 0 Å². The summed E-state index contributed by atoms with van der Waals surface area (Å²) in [5.41, 5.74) is 0.801. The quantitative estimate of drug-likeness (QED) is 0.824. The van der Waals surface area contributed by atoms with Gasteiger partial charge in [0.2, 0.25) is 0 Å². The average molecular weight is 241 g/mol. The Bertz CT molecular complexity index is 312. The summed E-state index contributed by atoms with van der Waals surface area (Å²) in [6, 6.07) is 7.33. The van der Waals surface area contributed by atoms with E-state index in [0.29, 0.717) is 6.42 Å². The molecule has 0 saturated heterocycles. The van der Waals surface area contributed by atoms with Crippen molar-refractivity contribution in [1.29, 1.82) is 0 Å². The molecule has 0 saturated carbocycles. The van der Waals surface area contributed by atoms with Gasteiger partial charge in [0.1, 0.15) is 5.94 Å². The summed E-state index contributed by atoms with van der Waals surface area (Å²) in [4.78, 5) is 9.90. The Hall–Kier alpha value is -0.890. The van der Waals surface area contributed by atoms with E-state index in [2.05, 4.69) is 15.9 Å². The van der Waals surface area contributed by atoms with Gasteiger partial charge in [-0.3, -0.25) is 0 Å². The van der Waals surface area contributed by atoms with Crippen molar-refractivity contribution in [1.82, 2.24) is 0 Å². The molecule has 0 radical (unpaired) electrons. The minimum atomic E-state index is -0.616. The Morgan fingerprint density at radius 2 is 2.08 bits per heavy atom. The number of halogens is 1. The fourth-order valence-electron chi connectivity index (χ4n) is 0.981. The van der Waals surface area contributed by atoms with Gasteiger partial charge in [0.05, 0.1) is 6.10 Å². The molecule has 13 heavy (non-hydrogen) atoms. The molecule has 0 amide bonds. The zero-order valence-corrected chi connectivity index (χ0v) is 8.49. The third-order valence-electron chi connectivity index (χ3n) is 1.68. The first-order chi connectivity index (χ1) is 6.24. The van der Waals surface area contributed by atoms with Crippen molar-refractivity contribution in [2.45, 2.75) is 12.5 Å². The molecule has 0 fully saturated rings. The lowest BCUT2D eigenvalue weighted by atomic mass is 10.1. The summed E-state index contributed by atoms with van der Waals surface area (Å²) < 4.78 is 0.967. The summed E-state index contributed by atoms with van der Waals surface area (Å²) >= 11 is 3.30. The molecule has 2 nitrogen and oxygen atoms in total. The zero-order chi connectivity index (χ0) is 9.68. The monoisotopic (exact) mass is 240 g/mol. The highest BCUT2D eigenvalue weighted by atomic mass is 79.9. The van der Waals surface area contributed by atoms with Gasteiger partial charge in [-0.1, -0.05) is 28.1 Å². The van der Waals surface area contributed by atoms with Crippen LogP contribution in [0.4, 0.5) is 0 Å². The number of hydrogen-bond acceptors (Lipinski definition) is 2. The van der Waals surface area contributed by atoms with Crippen LogP contribution in [-0.4, -0.2) is 11.0 Å². The van der Waals surface area contributed by atoms with Gasteiger partial charge in [-0.05, 0) is 17.7 Å². The van der Waals surface area contributed by atoms with E-state index in [1.54, 1.807) is 5.94 Å². The Labute approximate surface area is 85.0 Å². The van der Waals surface area contributed by atoms with E-state index in [9.17, 15) is 9.90 Å². The lowest BCUT2D eigenvalue weighted by Crippen LogP contribution is -1.94. The van der Waals surface area contributed by atoms with Gasteiger partial charge >= 0.3 is 0 Å². The van der Waals surface area contributed by atoms with Gasteiger partial charge in [-0.25, -0.2) is 4.79 Å². The second-order valence-corrected chi connectivity index (χ2v) is 3.54. The normalized spacial score (nSPS) is 11.8. The van der Waals surface area contributed by atoms with Gasteiger partial charge in [0.15, 0.2) is 0 Å². The molecule has 68 valence electrons. The lowest BCUT2D eigenvalue weighted by molar-refractivity contribution is 0.182. The van der Waals surface area contributed by atoms with Crippen molar-refractivity contribution < 1.29 is 9.90 Å². The van der Waals surface area contributed by atoms with Gasteiger partial charge in [0.25, 0.3) is 0 Å². The number of aliphatic hydroxyl groups excluding tert-OH is 1. The van der Waals surface area contributed by atoms with Crippen LogP contribution in [0.1, 0.15) is 18.1 Å². The second kappa shape index (κ2) is 4.97. The molecule has 0 aliphatic carbocycles. The van der Waals surface area contributed by atoms with Crippen LogP contribution >= 0.6 is 15.9 Å². The fraction of sp³-hybridized carbons (Fsp3) is 0.200. The molecule has 1 unspecified atom stereocenters. The average Bonchev–Trinajstić information content (AvgIpc) is 2.15. The van der Waals surface area contributed by atoms with E-state index in [4.69, 9.17) is 0 Å². The Balaban J connectivity index is 2.71. The summed E-state index contributed by atoms with van der Waals surface area (Å²) in [7, 11) is 0. The van der Waals surface area contributed by atoms with Crippen molar-refractivity contribution >= 4 is 21.9 Å². The molecule has 3 heteroatoms. The summed E-state index contributed by atoms with van der Waals surface area (Å²) in [6.45, 7) is 0. The van der Waals surface area contributed by atoms with Gasteiger partial charge in [0, 0.05) is 17.0 Å². The maximum Gasteiger partial charge on any atom is 0.120 e. The summed E-state index contributed by atoms with van der Waals surface area (Å²) in [5, 5.41) is 9.52. The first-order valence-electron chi connectivity index (χ1n) is 3.87. The van der Waals surface area contributed by atoms with Crippen LogP contribution in [0, 0.1) is 0 Å². The van der Waals surface area contributed by atoms with E-state index in [1.807, 2.05) is 24.3 Å². The first kappa shape index (κ1) is 10.2. The Morgan fingerprint density at radius 3 is 2.62 bits per heavy atom. The topological polar surface area (TPSA) is 37.3 Å². The van der Waals surface area contributed by atoms with Crippen molar-refractivity contribution in [3.63, 3.8) is 0 Å². The number of rotatable bonds is 3. The number of hydrogen-bond donors (Lipinski definition) is 1. The van der Waals surface area contributed by atoms with Crippen LogP contribution in [0.15, 0.2) is 34.8 Å². The van der Waals surface area contributed by atoms with Crippen LogP contribution in [0.2, 0.25) is 0 Å². The van der Waals surface area contributed by atoms with Crippen LogP contribution in [0.5, 0.6) is 0 Å². The van der Waals surface area contributed by atoms with E-state index in [-0.39, 0.29) is 0 Å². The highest BCUT2D eigenvalue weighted by molar-refractivity contribution is 9.10. The highest BCUT2D eigenvalue weighted by Crippen LogP contribution is 2.19. The molecule has 1 aromatic rings. The summed E-state index contributed by atoms with van der Waals surface area (Å²) in [5.74, 6) is 1.64. The largest absolute Gasteiger partial charge is 0.388 e. The van der Waals surface area contributed by atoms with Crippen molar-refractivity contribution in [3.8, 4) is 0 Å². The van der Waals surface area contributed by atoms with Crippen LogP contribution in [-0.2, 0) is 4.79 Å². The molecule has 0 aliphatic rings. The molecule has 0 aromatic heterocycles. The Morgan fingerprint density at radius 1 is 1.46 bits per heavy atom. The minimum Gasteiger partial charge on any atom is -0.388 e. The van der Waals surface area contributed by atoms with E-state index >= 15 is 0 Å². The van der Waals surface area contributed by atoms with Crippen LogP contribution in [0.3, 0.4) is 0 Å². The third-order valence-corrected chi connectivity index (χ3v) is 2.21. The Kier molecular flexibility index (Phi) is 3.90. The molecular formula is C10H9BrO2. The highest BCUT2D eigenvalue weighted by Gasteiger charge is 2.04. The molecular weight excluding hydrogens is 232 g/mol. The first-order valence-corrected chi connectivity index (χ1v) is 4.66. The molecule has 1 atom stereocenters. The molecule has 1 rings (SSSR count). The lowest BCUT2D eigenvalue weighted by Gasteiger charge is -2.06. The molecule has 1 N–H and O–H groups in total. The zero-order valence-electron chi connectivity index (χ0n) is 6.90. The predicted molar refractivity (Wildman–Crippen MR) is 54.0 cm³/mol. The minimum absolute atomic E-state index is 0.311. The maximum absolute atomic E-state index is 9.90. The van der Waals surface area contributed by atoms with Crippen molar-refractivity contribution in [2.24, 2.45) is 0 Å². The fourth-order valence-corrected chi connectivity index (χ4v) is 1.25. The number of carbonyl (C=O) groups excluding carboxylic acids is 1. The molecule has 0 aliphatic heterocycles. The standard InChI is InChI=1S/C10H9BrO2/c11-9-5-3-8(4-6-9)10(13)2-1-7-12/h1,3-6,10,13H,2H2. The molecule has 0 heterocycles. The second-order valence-electron chi connectivity index (χ2n) is 2.63. The smallest absolute Gasteiger partial charge is 0.120 e. The van der Waals surface area contributed by atoms with Gasteiger partial charge in [-0.15, -0.1) is 0 Å². The summed E-state index contributed by atoms with van der Waals surface area (Å²) in [6.07, 6.45) is 0.979.